The lowest BCUT2D eigenvalue weighted by molar-refractivity contribution is 1.33. The monoisotopic (exact) mass is 130 g/mol. The van der Waals surface area contributed by atoms with Crippen molar-refractivity contribution in [3.05, 3.63) is 29.5 Å². The van der Waals surface area contributed by atoms with Crippen LogP contribution in [0, 0.1) is 11.3 Å². The van der Waals surface area contributed by atoms with Gasteiger partial charge in [0.05, 0.1) is 11.6 Å². The maximum atomic E-state index is 8.44. The molecule has 0 unspecified atom stereocenters. The molecule has 10 heavy (non-hydrogen) atoms. The first-order valence-electron chi connectivity index (χ1n) is 2.91. The van der Waals surface area contributed by atoms with Gasteiger partial charge in [0.15, 0.2) is 0 Å². The van der Waals surface area contributed by atoms with Crippen LogP contribution in [0.3, 0.4) is 0 Å². The maximum Gasteiger partial charge on any atom is 0.0998 e. The molecule has 1 aliphatic rings. The first kappa shape index (κ1) is 6.54. The van der Waals surface area contributed by atoms with Gasteiger partial charge in [0.1, 0.15) is 0 Å². The average Bonchev–Trinajstić information content (AvgIpc) is 2.14. The van der Waals surface area contributed by atoms with Crippen molar-refractivity contribution in [1.29, 1.82) is 5.26 Å². The second-order valence-corrected chi connectivity index (χ2v) is 1.93. The van der Waals surface area contributed by atoms with Crippen LogP contribution in [-0.2, 0) is 0 Å². The summed E-state index contributed by atoms with van der Waals surface area (Å²) in [6, 6.07) is 2.00. The molecule has 0 radical (unpaired) electrons. The fourth-order valence-corrected chi connectivity index (χ4v) is 0.569. The van der Waals surface area contributed by atoms with E-state index in [0.717, 1.165) is 5.70 Å². The maximum absolute atomic E-state index is 8.44. The molecule has 2 nitrogen and oxygen atoms in total. The summed E-state index contributed by atoms with van der Waals surface area (Å²) in [6.07, 6.45) is 5.07. The number of nitrogens with zero attached hydrogens (tertiary/aromatic N) is 2. The Balaban J connectivity index is 3.05. The van der Waals surface area contributed by atoms with Crippen molar-refractivity contribution in [2.75, 3.05) is 0 Å². The average molecular weight is 130 g/mol. The van der Waals surface area contributed by atoms with Crippen molar-refractivity contribution in [3.63, 3.8) is 0 Å². The van der Waals surface area contributed by atoms with Crippen molar-refractivity contribution in [1.82, 2.24) is 0 Å². The van der Waals surface area contributed by atoms with Gasteiger partial charge >= 0.3 is 0 Å². The fourth-order valence-electron chi connectivity index (χ4n) is 0.569. The zero-order valence-electron chi connectivity index (χ0n) is 5.63. The van der Waals surface area contributed by atoms with E-state index < -0.39 is 0 Å². The lowest BCUT2D eigenvalue weighted by Crippen LogP contribution is -1.66. The summed E-state index contributed by atoms with van der Waals surface area (Å²) < 4.78 is 0. The van der Waals surface area contributed by atoms with Crippen LogP contribution in [0.5, 0.6) is 0 Å². The molecule has 1 rings (SSSR count). The van der Waals surface area contributed by atoms with Crippen LogP contribution >= 0.6 is 0 Å². The highest BCUT2D eigenvalue weighted by Crippen LogP contribution is 2.01. The van der Waals surface area contributed by atoms with Gasteiger partial charge < -0.3 is 0 Å². The third-order valence-corrected chi connectivity index (χ3v) is 1.09. The Bertz CT molecular complexity index is 294. The summed E-state index contributed by atoms with van der Waals surface area (Å²) in [5, 5.41) is 8.44. The molecule has 0 N–H and O–H groups in total. The Kier molecular flexibility index (Phi) is 1.84. The molecular weight excluding hydrogens is 124 g/mol. The Morgan fingerprint density at radius 2 is 2.40 bits per heavy atom. The number of allylic oxidation sites excluding steroid dienone is 5. The minimum atomic E-state index is 0.584. The molecule has 0 saturated heterocycles. The molecule has 1 aliphatic heterocycles. The van der Waals surface area contributed by atoms with Crippen molar-refractivity contribution >= 4 is 5.87 Å². The van der Waals surface area contributed by atoms with Gasteiger partial charge in [-0.05, 0) is 24.9 Å². The van der Waals surface area contributed by atoms with Crippen LogP contribution in [-0.4, -0.2) is 5.87 Å². The number of aliphatic imine (C=N–C) groups is 1. The Morgan fingerprint density at radius 1 is 1.60 bits per heavy atom. The molecule has 0 bridgehead atoms. The predicted molar refractivity (Wildman–Crippen MR) is 39.5 cm³/mol. The molecule has 0 fully saturated rings. The minimum absolute atomic E-state index is 0.584. The summed E-state index contributed by atoms with van der Waals surface area (Å²) >= 11 is 0. The van der Waals surface area contributed by atoms with Gasteiger partial charge in [-0.15, -0.1) is 0 Å². The van der Waals surface area contributed by atoms with E-state index in [2.05, 4.69) is 10.9 Å². The quantitative estimate of drug-likeness (QED) is 0.490. The van der Waals surface area contributed by atoms with Gasteiger partial charge in [0.2, 0.25) is 0 Å². The van der Waals surface area contributed by atoms with Gasteiger partial charge in [-0.3, -0.25) is 0 Å². The van der Waals surface area contributed by atoms with Crippen LogP contribution in [0.25, 0.3) is 0 Å². The van der Waals surface area contributed by atoms with Crippen LogP contribution < -0.4 is 0 Å². The number of rotatable bonds is 0. The molecule has 0 aliphatic carbocycles. The molecule has 0 atom stereocenters. The van der Waals surface area contributed by atoms with E-state index in [1.165, 1.54) is 0 Å². The zero-order chi connectivity index (χ0) is 7.40. The van der Waals surface area contributed by atoms with Gasteiger partial charge in [-0.2, -0.15) is 5.26 Å². The SMILES string of the molecule is CC1=CC=C(C#N)C=C=N1. The first-order chi connectivity index (χ1) is 4.83. The predicted octanol–water partition coefficient (Wildman–Crippen LogP) is 1.58. The Morgan fingerprint density at radius 3 is 3.10 bits per heavy atom. The molecule has 1 heterocycles. The van der Waals surface area contributed by atoms with Crippen LogP contribution in [0.2, 0.25) is 0 Å². The molecule has 0 aromatic carbocycles. The highest BCUT2D eigenvalue weighted by Gasteiger charge is 1.88. The second kappa shape index (κ2) is 2.82. The first-order valence-corrected chi connectivity index (χ1v) is 2.91. The number of hydrogen-bond donors (Lipinski definition) is 0. The van der Waals surface area contributed by atoms with Crippen molar-refractivity contribution in [2.24, 2.45) is 4.99 Å². The molecule has 0 spiro atoms. The van der Waals surface area contributed by atoms with E-state index in [1.54, 1.807) is 18.2 Å². The van der Waals surface area contributed by atoms with Crippen LogP contribution in [0.4, 0.5) is 0 Å². The normalized spacial score (nSPS) is 15.2. The second-order valence-electron chi connectivity index (χ2n) is 1.93. The molecule has 48 valence electrons. The zero-order valence-corrected chi connectivity index (χ0v) is 5.63. The fraction of sp³-hybridized carbons (Fsp3) is 0.125. The third kappa shape index (κ3) is 1.45. The largest absolute Gasteiger partial charge is 0.211 e. The molecule has 2 heteroatoms. The highest BCUT2D eigenvalue weighted by atomic mass is 14.7. The standard InChI is InChI=1S/C8H6N2/c1-7-2-3-8(6-9)4-5-10-7/h2-4H,1H3. The van der Waals surface area contributed by atoms with E-state index >= 15 is 0 Å². The topological polar surface area (TPSA) is 36.1 Å². The van der Waals surface area contributed by atoms with Crippen LogP contribution in [0.1, 0.15) is 6.92 Å². The Labute approximate surface area is 59.5 Å². The highest BCUT2D eigenvalue weighted by molar-refractivity contribution is 5.63. The van der Waals surface area contributed by atoms with Gasteiger partial charge in [0, 0.05) is 11.8 Å². The lowest BCUT2D eigenvalue weighted by atomic mass is 10.2. The van der Waals surface area contributed by atoms with Gasteiger partial charge in [0.25, 0.3) is 0 Å². The van der Waals surface area contributed by atoms with E-state index in [-0.39, 0.29) is 0 Å². The summed E-state index contributed by atoms with van der Waals surface area (Å²) in [6.45, 7) is 1.86. The van der Waals surface area contributed by atoms with Gasteiger partial charge in [-0.25, -0.2) is 4.99 Å². The summed E-state index contributed by atoms with van der Waals surface area (Å²) in [5.41, 5.74) is 1.45. The molecule has 0 aromatic heterocycles. The number of nitriles is 1. The Hall–Kier alpha value is -1.58. The van der Waals surface area contributed by atoms with Crippen molar-refractivity contribution < 1.29 is 0 Å². The van der Waals surface area contributed by atoms with Gasteiger partial charge in [-0.1, -0.05) is 0 Å². The molecule has 0 aromatic rings. The number of hydrogen-bond acceptors (Lipinski definition) is 2. The smallest absolute Gasteiger partial charge is 0.0998 e. The molecular formula is C8H6N2. The van der Waals surface area contributed by atoms with E-state index in [9.17, 15) is 0 Å². The van der Waals surface area contributed by atoms with E-state index in [1.807, 2.05) is 13.0 Å². The molecule has 0 saturated carbocycles. The molecule has 0 amide bonds. The lowest BCUT2D eigenvalue weighted by Gasteiger charge is -1.79. The minimum Gasteiger partial charge on any atom is -0.211 e. The summed E-state index contributed by atoms with van der Waals surface area (Å²) in [5.74, 6) is 2.64. The summed E-state index contributed by atoms with van der Waals surface area (Å²) in [7, 11) is 0. The van der Waals surface area contributed by atoms with E-state index in [4.69, 9.17) is 5.26 Å². The summed E-state index contributed by atoms with van der Waals surface area (Å²) in [4.78, 5) is 3.87. The van der Waals surface area contributed by atoms with E-state index in [0.29, 0.717) is 5.57 Å². The van der Waals surface area contributed by atoms with Crippen molar-refractivity contribution in [3.8, 4) is 6.07 Å². The van der Waals surface area contributed by atoms with Crippen molar-refractivity contribution in [2.45, 2.75) is 6.92 Å². The van der Waals surface area contributed by atoms with Crippen LogP contribution in [0.15, 0.2) is 34.5 Å². The third-order valence-electron chi connectivity index (χ3n) is 1.09.